The van der Waals surface area contributed by atoms with Crippen LogP contribution in [0.4, 0.5) is 0 Å². The van der Waals surface area contributed by atoms with Crippen LogP contribution in [0.1, 0.15) is 19.3 Å². The first-order valence-electron chi connectivity index (χ1n) is 5.77. The molecule has 1 fully saturated rings. The summed E-state index contributed by atoms with van der Waals surface area (Å²) in [7, 11) is 4.41. The molecule has 0 aromatic heterocycles. The molecule has 1 aliphatic rings. The Bertz CT molecular complexity index is 153. The minimum absolute atomic E-state index is 0.305. The largest absolute Gasteiger partial charge is 0.391 e. The molecule has 3 heteroatoms. The predicted octanol–water partition coefficient (Wildman–Crippen LogP) is 0.445. The number of quaternary nitrogens is 1. The zero-order valence-electron chi connectivity index (χ0n) is 9.63. The second-order valence-corrected chi connectivity index (χ2v) is 5.09. The Balaban J connectivity index is 2.17. The molecule has 2 N–H and O–H groups in total. The van der Waals surface area contributed by atoms with Crippen LogP contribution in [0.25, 0.3) is 0 Å². The number of likely N-dealkylation sites (N-methyl/N-ethyl adjacent to an activating group) is 1. The van der Waals surface area contributed by atoms with Gasteiger partial charge in [0.15, 0.2) is 0 Å². The Morgan fingerprint density at radius 3 is 2.43 bits per heavy atom. The van der Waals surface area contributed by atoms with Crippen LogP contribution in [0.3, 0.4) is 0 Å². The summed E-state index contributed by atoms with van der Waals surface area (Å²) in [5.41, 5.74) is 0. The van der Waals surface area contributed by atoms with Gasteiger partial charge in [-0.25, -0.2) is 0 Å². The van der Waals surface area contributed by atoms with Crippen LogP contribution in [0.5, 0.6) is 0 Å². The van der Waals surface area contributed by atoms with E-state index in [9.17, 15) is 0 Å². The van der Waals surface area contributed by atoms with Gasteiger partial charge in [0.2, 0.25) is 0 Å². The van der Waals surface area contributed by atoms with Crippen molar-refractivity contribution < 1.29 is 9.59 Å². The number of hydrogen-bond acceptors (Lipinski definition) is 2. The number of nitrogens with zero attached hydrogens (tertiary/aromatic N) is 1. The summed E-state index contributed by atoms with van der Waals surface area (Å²) in [6, 6.07) is 0. The van der Waals surface area contributed by atoms with Crippen molar-refractivity contribution in [3.63, 3.8) is 0 Å². The average molecular weight is 201 g/mol. The summed E-state index contributed by atoms with van der Waals surface area (Å²) in [6.07, 6.45) is 3.98. The third kappa shape index (κ3) is 4.40. The zero-order chi connectivity index (χ0) is 10.4. The highest BCUT2D eigenvalue weighted by atomic mass is 16.3. The fourth-order valence-corrected chi connectivity index (χ4v) is 2.08. The van der Waals surface area contributed by atoms with Gasteiger partial charge in [0.05, 0.1) is 27.2 Å². The normalized spacial score (nSPS) is 19.9. The van der Waals surface area contributed by atoms with Crippen LogP contribution >= 0.6 is 0 Å². The highest BCUT2D eigenvalue weighted by Gasteiger charge is 2.19. The number of aliphatic hydroxyl groups excluding tert-OH is 1. The molecule has 0 radical (unpaired) electrons. The molecule has 1 rings (SSSR count). The van der Waals surface area contributed by atoms with Crippen molar-refractivity contribution in [3.8, 4) is 0 Å². The molecule has 0 bridgehead atoms. The Labute approximate surface area is 87.7 Å². The van der Waals surface area contributed by atoms with E-state index in [-0.39, 0.29) is 0 Å². The summed E-state index contributed by atoms with van der Waals surface area (Å²) in [6.45, 7) is 4.77. The highest BCUT2D eigenvalue weighted by molar-refractivity contribution is 4.68. The standard InChI is InChI=1S/C11H25N2O/c1-13(2,9-10-14)8-5-11-3-6-12-7-4-11/h11-12,14H,3-10H2,1-2H3/q+1. The van der Waals surface area contributed by atoms with E-state index in [1.54, 1.807) is 0 Å². The molecular formula is C11H25N2O+. The Kier molecular flexibility index (Phi) is 4.85. The molecule has 84 valence electrons. The van der Waals surface area contributed by atoms with Crippen LogP contribution < -0.4 is 5.32 Å². The summed E-state index contributed by atoms with van der Waals surface area (Å²) in [5.74, 6) is 0.910. The Hall–Kier alpha value is -0.120. The maximum Gasteiger partial charge on any atom is 0.102 e. The van der Waals surface area contributed by atoms with E-state index in [1.165, 1.54) is 38.9 Å². The van der Waals surface area contributed by atoms with Crippen molar-refractivity contribution in [2.75, 3.05) is 46.9 Å². The first-order chi connectivity index (χ1) is 6.64. The van der Waals surface area contributed by atoms with E-state index < -0.39 is 0 Å². The van der Waals surface area contributed by atoms with Crippen molar-refractivity contribution in [2.24, 2.45) is 5.92 Å². The fourth-order valence-electron chi connectivity index (χ4n) is 2.08. The quantitative estimate of drug-likeness (QED) is 0.633. The molecule has 0 amide bonds. The van der Waals surface area contributed by atoms with Gasteiger partial charge in [0.25, 0.3) is 0 Å². The lowest BCUT2D eigenvalue weighted by Crippen LogP contribution is -2.43. The van der Waals surface area contributed by atoms with Gasteiger partial charge in [-0.15, -0.1) is 0 Å². The van der Waals surface area contributed by atoms with Crippen molar-refractivity contribution in [1.29, 1.82) is 0 Å². The van der Waals surface area contributed by atoms with Crippen LogP contribution in [-0.2, 0) is 0 Å². The Morgan fingerprint density at radius 2 is 1.86 bits per heavy atom. The third-order valence-electron chi connectivity index (χ3n) is 3.31. The van der Waals surface area contributed by atoms with Gasteiger partial charge in [-0.05, 0) is 38.3 Å². The number of aliphatic hydroxyl groups is 1. The number of hydrogen-bond donors (Lipinski definition) is 2. The van der Waals surface area contributed by atoms with Gasteiger partial charge in [0, 0.05) is 0 Å². The fraction of sp³-hybridized carbons (Fsp3) is 1.00. The van der Waals surface area contributed by atoms with Gasteiger partial charge in [-0.1, -0.05) is 0 Å². The summed E-state index contributed by atoms with van der Waals surface area (Å²) < 4.78 is 0.959. The molecule has 1 saturated heterocycles. The van der Waals surface area contributed by atoms with Gasteiger partial charge in [-0.2, -0.15) is 0 Å². The maximum atomic E-state index is 8.91. The molecule has 0 aliphatic carbocycles. The summed E-state index contributed by atoms with van der Waals surface area (Å²) >= 11 is 0. The lowest BCUT2D eigenvalue weighted by Gasteiger charge is -2.31. The molecular weight excluding hydrogens is 176 g/mol. The van der Waals surface area contributed by atoms with Crippen molar-refractivity contribution >= 4 is 0 Å². The lowest BCUT2D eigenvalue weighted by molar-refractivity contribution is -0.891. The molecule has 0 atom stereocenters. The average Bonchev–Trinajstić information content (AvgIpc) is 2.17. The lowest BCUT2D eigenvalue weighted by atomic mass is 9.94. The topological polar surface area (TPSA) is 32.3 Å². The molecule has 3 nitrogen and oxygen atoms in total. The van der Waals surface area contributed by atoms with E-state index in [1.807, 2.05) is 0 Å². The van der Waals surface area contributed by atoms with E-state index >= 15 is 0 Å². The van der Waals surface area contributed by atoms with Crippen LogP contribution in [0.2, 0.25) is 0 Å². The van der Waals surface area contributed by atoms with Gasteiger partial charge < -0.3 is 14.9 Å². The molecule has 0 unspecified atom stereocenters. The second-order valence-electron chi connectivity index (χ2n) is 5.09. The molecule has 14 heavy (non-hydrogen) atoms. The van der Waals surface area contributed by atoms with E-state index in [0.29, 0.717) is 6.61 Å². The molecule has 1 heterocycles. The maximum absolute atomic E-state index is 8.91. The van der Waals surface area contributed by atoms with Crippen molar-refractivity contribution in [1.82, 2.24) is 5.32 Å². The third-order valence-corrected chi connectivity index (χ3v) is 3.31. The number of piperidine rings is 1. The number of rotatable bonds is 5. The van der Waals surface area contributed by atoms with Crippen LogP contribution in [0.15, 0.2) is 0 Å². The first-order valence-corrected chi connectivity index (χ1v) is 5.77. The molecule has 0 aromatic rings. The highest BCUT2D eigenvalue weighted by Crippen LogP contribution is 2.17. The minimum atomic E-state index is 0.305. The van der Waals surface area contributed by atoms with Crippen LogP contribution in [0, 0.1) is 5.92 Å². The van der Waals surface area contributed by atoms with Gasteiger partial charge >= 0.3 is 0 Å². The molecule has 0 spiro atoms. The Morgan fingerprint density at radius 1 is 1.21 bits per heavy atom. The van der Waals surface area contributed by atoms with Crippen molar-refractivity contribution in [2.45, 2.75) is 19.3 Å². The van der Waals surface area contributed by atoms with Gasteiger partial charge in [0.1, 0.15) is 6.54 Å². The monoisotopic (exact) mass is 201 g/mol. The zero-order valence-corrected chi connectivity index (χ0v) is 9.63. The van der Waals surface area contributed by atoms with Crippen molar-refractivity contribution in [3.05, 3.63) is 0 Å². The minimum Gasteiger partial charge on any atom is -0.391 e. The number of nitrogens with one attached hydrogen (secondary N) is 1. The van der Waals surface area contributed by atoms with E-state index in [2.05, 4.69) is 19.4 Å². The molecule has 1 aliphatic heterocycles. The SMILES string of the molecule is C[N+](C)(CCO)CCC1CCNCC1. The smallest absolute Gasteiger partial charge is 0.102 e. The summed E-state index contributed by atoms with van der Waals surface area (Å²) in [5, 5.41) is 12.3. The predicted molar refractivity (Wildman–Crippen MR) is 59.1 cm³/mol. The van der Waals surface area contributed by atoms with Crippen LogP contribution in [-0.4, -0.2) is 56.5 Å². The van der Waals surface area contributed by atoms with Gasteiger partial charge in [-0.3, -0.25) is 0 Å². The second kappa shape index (κ2) is 5.69. The first kappa shape index (κ1) is 12.0. The summed E-state index contributed by atoms with van der Waals surface area (Å²) in [4.78, 5) is 0. The van der Waals surface area contributed by atoms with E-state index in [4.69, 9.17) is 5.11 Å². The molecule has 0 saturated carbocycles. The molecule has 0 aromatic carbocycles. The van der Waals surface area contributed by atoms with E-state index in [0.717, 1.165) is 16.9 Å².